The Hall–Kier alpha value is -0.860. The van der Waals surface area contributed by atoms with E-state index in [1.807, 2.05) is 0 Å². The molecular weight excluding hydrogens is 256 g/mol. The first-order valence-corrected chi connectivity index (χ1v) is 8.83. The van der Waals surface area contributed by atoms with E-state index in [9.17, 15) is 0 Å². The van der Waals surface area contributed by atoms with Crippen molar-refractivity contribution in [3.8, 4) is 0 Å². The third-order valence-electron chi connectivity index (χ3n) is 5.57. The van der Waals surface area contributed by atoms with Crippen molar-refractivity contribution < 1.29 is 0 Å². The zero-order chi connectivity index (χ0) is 14.5. The van der Waals surface area contributed by atoms with E-state index in [0.29, 0.717) is 6.04 Å². The third kappa shape index (κ3) is 4.31. The molecule has 2 nitrogen and oxygen atoms in total. The van der Waals surface area contributed by atoms with E-state index in [-0.39, 0.29) is 0 Å². The maximum atomic E-state index is 6.45. The minimum atomic E-state index is 0.471. The van der Waals surface area contributed by atoms with E-state index in [1.165, 1.54) is 63.6 Å². The average molecular weight is 286 g/mol. The molecule has 1 aromatic rings. The summed E-state index contributed by atoms with van der Waals surface area (Å²) in [6.07, 6.45) is 9.54. The van der Waals surface area contributed by atoms with Crippen LogP contribution in [0.25, 0.3) is 0 Å². The Balaban J connectivity index is 1.40. The Kier molecular flexibility index (Phi) is 5.32. The summed E-state index contributed by atoms with van der Waals surface area (Å²) in [5.74, 6) is 1.69. The number of likely N-dealkylation sites (tertiary alicyclic amines) is 1. The van der Waals surface area contributed by atoms with E-state index in [4.69, 9.17) is 5.73 Å². The number of nitrogens with zero attached hydrogens (tertiary/aromatic N) is 1. The van der Waals surface area contributed by atoms with Crippen molar-refractivity contribution in [2.75, 3.05) is 13.1 Å². The lowest BCUT2D eigenvalue weighted by Crippen LogP contribution is -2.37. The highest BCUT2D eigenvalue weighted by Crippen LogP contribution is 2.31. The van der Waals surface area contributed by atoms with Gasteiger partial charge in [0.1, 0.15) is 0 Å². The fourth-order valence-corrected chi connectivity index (χ4v) is 4.18. The molecule has 21 heavy (non-hydrogen) atoms. The summed E-state index contributed by atoms with van der Waals surface area (Å²) in [5.41, 5.74) is 7.90. The second-order valence-electron chi connectivity index (χ2n) is 7.15. The van der Waals surface area contributed by atoms with Gasteiger partial charge < -0.3 is 5.73 Å². The summed E-state index contributed by atoms with van der Waals surface area (Å²) in [4.78, 5) is 2.60. The lowest BCUT2D eigenvalue weighted by Gasteiger charge is -2.34. The molecule has 1 aliphatic heterocycles. The van der Waals surface area contributed by atoms with Crippen molar-refractivity contribution >= 4 is 0 Å². The van der Waals surface area contributed by atoms with Crippen LogP contribution in [0.1, 0.15) is 50.5 Å². The summed E-state index contributed by atoms with van der Waals surface area (Å²) in [6, 6.07) is 11.3. The van der Waals surface area contributed by atoms with Gasteiger partial charge in [0, 0.05) is 12.6 Å². The zero-order valence-corrected chi connectivity index (χ0v) is 13.2. The molecule has 1 heterocycles. The summed E-state index contributed by atoms with van der Waals surface area (Å²) in [5, 5.41) is 0. The smallest absolute Gasteiger partial charge is 0.0233 e. The molecule has 0 radical (unpaired) electrons. The molecule has 1 unspecified atom stereocenters. The fourth-order valence-electron chi connectivity index (χ4n) is 4.18. The molecule has 0 aromatic heterocycles. The predicted octanol–water partition coefficient (Wildman–Crippen LogP) is 3.81. The molecular formula is C19H30N2. The molecule has 2 heteroatoms. The van der Waals surface area contributed by atoms with Gasteiger partial charge in [0.15, 0.2) is 0 Å². The van der Waals surface area contributed by atoms with Crippen LogP contribution in [-0.2, 0) is 6.54 Å². The van der Waals surface area contributed by atoms with Crippen LogP contribution in [0.4, 0.5) is 0 Å². The lowest BCUT2D eigenvalue weighted by atomic mass is 9.85. The molecule has 0 spiro atoms. The van der Waals surface area contributed by atoms with Crippen molar-refractivity contribution in [2.45, 2.75) is 57.5 Å². The monoisotopic (exact) mass is 286 g/mol. The van der Waals surface area contributed by atoms with Crippen molar-refractivity contribution in [2.24, 2.45) is 17.6 Å². The van der Waals surface area contributed by atoms with Gasteiger partial charge in [-0.2, -0.15) is 0 Å². The fraction of sp³-hybridized carbons (Fsp3) is 0.684. The minimum Gasteiger partial charge on any atom is -0.327 e. The molecule has 116 valence electrons. The first-order valence-electron chi connectivity index (χ1n) is 8.83. The van der Waals surface area contributed by atoms with Gasteiger partial charge >= 0.3 is 0 Å². The Morgan fingerprint density at radius 3 is 2.33 bits per heavy atom. The molecule has 2 fully saturated rings. The van der Waals surface area contributed by atoms with Crippen LogP contribution in [0, 0.1) is 11.8 Å². The number of benzene rings is 1. The molecule has 2 aliphatic rings. The number of nitrogens with two attached hydrogens (primary N) is 1. The van der Waals surface area contributed by atoms with E-state index >= 15 is 0 Å². The SMILES string of the molecule is NC(CC1CCN(Cc2ccccc2)CC1)C1CCCC1. The van der Waals surface area contributed by atoms with Crippen LogP contribution in [0.5, 0.6) is 0 Å². The van der Waals surface area contributed by atoms with Crippen LogP contribution in [0.2, 0.25) is 0 Å². The summed E-state index contributed by atoms with van der Waals surface area (Å²) in [7, 11) is 0. The van der Waals surface area contributed by atoms with Crippen molar-refractivity contribution in [1.29, 1.82) is 0 Å². The molecule has 1 saturated heterocycles. The van der Waals surface area contributed by atoms with Crippen LogP contribution in [-0.4, -0.2) is 24.0 Å². The van der Waals surface area contributed by atoms with Crippen LogP contribution in [0.3, 0.4) is 0 Å². The molecule has 0 amide bonds. The zero-order valence-electron chi connectivity index (χ0n) is 13.2. The molecule has 1 aliphatic carbocycles. The molecule has 2 N–H and O–H groups in total. The highest BCUT2D eigenvalue weighted by Gasteiger charge is 2.26. The minimum absolute atomic E-state index is 0.471. The quantitative estimate of drug-likeness (QED) is 0.892. The Bertz CT molecular complexity index is 403. The maximum Gasteiger partial charge on any atom is 0.0233 e. The second-order valence-corrected chi connectivity index (χ2v) is 7.15. The highest BCUT2D eigenvalue weighted by molar-refractivity contribution is 5.14. The molecule has 1 atom stereocenters. The largest absolute Gasteiger partial charge is 0.327 e. The number of rotatable bonds is 5. The molecule has 0 bridgehead atoms. The van der Waals surface area contributed by atoms with Gasteiger partial charge in [-0.05, 0) is 62.6 Å². The lowest BCUT2D eigenvalue weighted by molar-refractivity contribution is 0.162. The normalized spacial score (nSPS) is 23.5. The number of hydrogen-bond acceptors (Lipinski definition) is 2. The van der Waals surface area contributed by atoms with Crippen molar-refractivity contribution in [3.63, 3.8) is 0 Å². The van der Waals surface area contributed by atoms with Gasteiger partial charge in [-0.25, -0.2) is 0 Å². The summed E-state index contributed by atoms with van der Waals surface area (Å²) in [6.45, 7) is 3.61. The van der Waals surface area contributed by atoms with Gasteiger partial charge in [-0.3, -0.25) is 4.90 Å². The van der Waals surface area contributed by atoms with Crippen LogP contribution < -0.4 is 5.73 Å². The van der Waals surface area contributed by atoms with Crippen molar-refractivity contribution in [3.05, 3.63) is 35.9 Å². The Morgan fingerprint density at radius 2 is 1.67 bits per heavy atom. The summed E-state index contributed by atoms with van der Waals surface area (Å²) < 4.78 is 0. The standard InChI is InChI=1S/C19H30N2/c20-19(18-8-4-5-9-18)14-16-10-12-21(13-11-16)15-17-6-2-1-3-7-17/h1-3,6-7,16,18-19H,4-5,8-15,20H2. The van der Waals surface area contributed by atoms with Gasteiger partial charge in [0.05, 0.1) is 0 Å². The Morgan fingerprint density at radius 1 is 1.00 bits per heavy atom. The second kappa shape index (κ2) is 7.42. The van der Waals surface area contributed by atoms with E-state index in [0.717, 1.165) is 18.4 Å². The first-order chi connectivity index (χ1) is 10.3. The highest BCUT2D eigenvalue weighted by atomic mass is 15.1. The van der Waals surface area contributed by atoms with E-state index in [2.05, 4.69) is 35.2 Å². The molecule has 1 aromatic carbocycles. The van der Waals surface area contributed by atoms with E-state index in [1.54, 1.807) is 0 Å². The van der Waals surface area contributed by atoms with Gasteiger partial charge in [0.25, 0.3) is 0 Å². The average Bonchev–Trinajstić information content (AvgIpc) is 3.05. The first kappa shape index (κ1) is 15.1. The van der Waals surface area contributed by atoms with E-state index < -0.39 is 0 Å². The summed E-state index contributed by atoms with van der Waals surface area (Å²) >= 11 is 0. The number of hydrogen-bond donors (Lipinski definition) is 1. The molecule has 3 rings (SSSR count). The maximum absolute atomic E-state index is 6.45. The number of piperidine rings is 1. The van der Waals surface area contributed by atoms with Crippen LogP contribution in [0.15, 0.2) is 30.3 Å². The van der Waals surface area contributed by atoms with Crippen LogP contribution >= 0.6 is 0 Å². The third-order valence-corrected chi connectivity index (χ3v) is 5.57. The Labute approximate surface area is 129 Å². The van der Waals surface area contributed by atoms with Gasteiger partial charge in [-0.1, -0.05) is 43.2 Å². The predicted molar refractivity (Wildman–Crippen MR) is 89.0 cm³/mol. The van der Waals surface area contributed by atoms with Crippen molar-refractivity contribution in [1.82, 2.24) is 4.90 Å². The van der Waals surface area contributed by atoms with Gasteiger partial charge in [-0.15, -0.1) is 0 Å². The topological polar surface area (TPSA) is 29.3 Å². The molecule has 1 saturated carbocycles. The van der Waals surface area contributed by atoms with Gasteiger partial charge in [0.2, 0.25) is 0 Å².